The van der Waals surface area contributed by atoms with Crippen molar-refractivity contribution in [2.75, 3.05) is 13.6 Å². The second-order valence-electron chi connectivity index (χ2n) is 4.88. The minimum atomic E-state index is 0.297. The molecule has 12 heavy (non-hydrogen) atoms. The highest BCUT2D eigenvalue weighted by Crippen LogP contribution is 2.21. The average molecular weight is 170 g/mol. The quantitative estimate of drug-likeness (QED) is 0.641. The Morgan fingerprint density at radius 3 is 2.25 bits per heavy atom. The maximum absolute atomic E-state index is 3.48. The van der Waals surface area contributed by atoms with E-state index in [1.54, 1.807) is 0 Å². The van der Waals surface area contributed by atoms with E-state index in [1.165, 1.54) is 13.0 Å². The van der Waals surface area contributed by atoms with Crippen molar-refractivity contribution in [1.29, 1.82) is 0 Å². The summed E-state index contributed by atoms with van der Waals surface area (Å²) in [6.45, 7) is 10.3. The first-order valence-electron chi connectivity index (χ1n) is 4.89. The van der Waals surface area contributed by atoms with Crippen molar-refractivity contribution in [3.63, 3.8) is 0 Å². The molecule has 0 amide bonds. The lowest BCUT2D eigenvalue weighted by Crippen LogP contribution is -2.49. The van der Waals surface area contributed by atoms with Gasteiger partial charge in [-0.25, -0.2) is 0 Å². The van der Waals surface area contributed by atoms with Crippen molar-refractivity contribution < 1.29 is 0 Å². The summed E-state index contributed by atoms with van der Waals surface area (Å²) < 4.78 is 0. The van der Waals surface area contributed by atoms with Gasteiger partial charge in [0.2, 0.25) is 0 Å². The number of nitrogens with zero attached hydrogens (tertiary/aromatic N) is 1. The van der Waals surface area contributed by atoms with Crippen molar-refractivity contribution in [3.05, 3.63) is 0 Å². The van der Waals surface area contributed by atoms with E-state index in [-0.39, 0.29) is 0 Å². The predicted octanol–water partition coefficient (Wildman–Crippen LogP) is 1.47. The molecule has 1 N–H and O–H groups in total. The lowest BCUT2D eigenvalue weighted by atomic mass is 10.0. The van der Waals surface area contributed by atoms with Gasteiger partial charge in [0, 0.05) is 17.6 Å². The molecule has 2 atom stereocenters. The zero-order chi connectivity index (χ0) is 9.35. The minimum absolute atomic E-state index is 0.297. The number of hydrogen-bond donors (Lipinski definition) is 1. The molecular weight excluding hydrogens is 148 g/mol. The highest BCUT2D eigenvalue weighted by atomic mass is 15.2. The maximum atomic E-state index is 3.48. The van der Waals surface area contributed by atoms with Crippen LogP contribution in [0.3, 0.4) is 0 Å². The van der Waals surface area contributed by atoms with Crippen LogP contribution in [0.15, 0.2) is 0 Å². The van der Waals surface area contributed by atoms with Gasteiger partial charge in [-0.15, -0.1) is 0 Å². The number of hydrogen-bond acceptors (Lipinski definition) is 2. The molecule has 0 bridgehead atoms. The van der Waals surface area contributed by atoms with Crippen LogP contribution in [0.2, 0.25) is 0 Å². The summed E-state index contributed by atoms with van der Waals surface area (Å²) in [5, 5.41) is 3.48. The first kappa shape index (κ1) is 10.0. The third-order valence-electron chi connectivity index (χ3n) is 3.04. The topological polar surface area (TPSA) is 15.3 Å². The maximum Gasteiger partial charge on any atom is 0.0260 e. The molecule has 1 fully saturated rings. The second-order valence-corrected chi connectivity index (χ2v) is 4.88. The van der Waals surface area contributed by atoms with Crippen molar-refractivity contribution in [2.24, 2.45) is 0 Å². The lowest BCUT2D eigenvalue weighted by Gasteiger charge is -2.38. The first-order valence-corrected chi connectivity index (χ1v) is 4.89. The standard InChI is InChI=1S/C10H22N2/c1-8-9(6-7-11-8)12(5)10(2,3)4/h8-9,11H,6-7H2,1-5H3. The van der Waals surface area contributed by atoms with E-state index >= 15 is 0 Å². The minimum Gasteiger partial charge on any atom is -0.313 e. The van der Waals surface area contributed by atoms with Gasteiger partial charge >= 0.3 is 0 Å². The van der Waals surface area contributed by atoms with Crippen LogP contribution in [0.1, 0.15) is 34.1 Å². The second kappa shape index (κ2) is 3.35. The highest BCUT2D eigenvalue weighted by Gasteiger charge is 2.31. The van der Waals surface area contributed by atoms with E-state index in [9.17, 15) is 0 Å². The molecule has 2 heteroatoms. The fourth-order valence-electron chi connectivity index (χ4n) is 1.87. The third-order valence-corrected chi connectivity index (χ3v) is 3.04. The molecule has 1 rings (SSSR count). The van der Waals surface area contributed by atoms with Crippen molar-refractivity contribution >= 4 is 0 Å². The smallest absolute Gasteiger partial charge is 0.0260 e. The zero-order valence-corrected chi connectivity index (χ0v) is 9.02. The molecule has 0 aromatic carbocycles. The molecule has 0 aromatic rings. The van der Waals surface area contributed by atoms with Crippen LogP contribution in [0.5, 0.6) is 0 Å². The summed E-state index contributed by atoms with van der Waals surface area (Å²) in [4.78, 5) is 2.48. The van der Waals surface area contributed by atoms with Crippen LogP contribution in [0.25, 0.3) is 0 Å². The molecule has 1 heterocycles. The van der Waals surface area contributed by atoms with Crippen LogP contribution in [0.4, 0.5) is 0 Å². The van der Waals surface area contributed by atoms with Gasteiger partial charge in [0.25, 0.3) is 0 Å². The van der Waals surface area contributed by atoms with Crippen LogP contribution in [-0.2, 0) is 0 Å². The Bertz CT molecular complexity index is 148. The van der Waals surface area contributed by atoms with E-state index in [1.807, 2.05) is 0 Å². The van der Waals surface area contributed by atoms with E-state index in [2.05, 4.69) is 45.0 Å². The molecule has 0 saturated carbocycles. The Balaban J connectivity index is 2.57. The highest BCUT2D eigenvalue weighted by molar-refractivity contribution is 4.91. The summed E-state index contributed by atoms with van der Waals surface area (Å²) in [6.07, 6.45) is 1.29. The lowest BCUT2D eigenvalue weighted by molar-refractivity contribution is 0.111. The van der Waals surface area contributed by atoms with Gasteiger partial charge in [-0.3, -0.25) is 4.90 Å². The van der Waals surface area contributed by atoms with Gasteiger partial charge in [-0.2, -0.15) is 0 Å². The van der Waals surface area contributed by atoms with Crippen molar-refractivity contribution in [3.8, 4) is 0 Å². The molecule has 0 aliphatic carbocycles. The molecule has 1 aliphatic heterocycles. The van der Waals surface area contributed by atoms with Gasteiger partial charge in [0.05, 0.1) is 0 Å². The summed E-state index contributed by atoms with van der Waals surface area (Å²) in [6, 6.07) is 1.36. The van der Waals surface area contributed by atoms with Crippen molar-refractivity contribution in [2.45, 2.75) is 51.7 Å². The third kappa shape index (κ3) is 1.99. The normalized spacial score (nSPS) is 31.5. The zero-order valence-electron chi connectivity index (χ0n) is 9.02. The summed E-state index contributed by atoms with van der Waals surface area (Å²) in [5.41, 5.74) is 0.297. The SMILES string of the molecule is CC1NCCC1N(C)C(C)(C)C. The first-order chi connectivity index (χ1) is 5.43. The van der Waals surface area contributed by atoms with E-state index in [0.29, 0.717) is 17.6 Å². The van der Waals surface area contributed by atoms with Crippen LogP contribution in [-0.4, -0.2) is 36.1 Å². The molecule has 1 aliphatic rings. The monoisotopic (exact) mass is 170 g/mol. The van der Waals surface area contributed by atoms with Crippen LogP contribution in [0, 0.1) is 0 Å². The number of nitrogens with one attached hydrogen (secondary N) is 1. The molecule has 0 spiro atoms. The molecule has 0 aromatic heterocycles. The average Bonchev–Trinajstić information content (AvgIpc) is 2.31. The summed E-state index contributed by atoms with van der Waals surface area (Å²) in [5.74, 6) is 0. The molecule has 2 unspecified atom stereocenters. The van der Waals surface area contributed by atoms with Crippen LogP contribution >= 0.6 is 0 Å². The fraction of sp³-hybridized carbons (Fsp3) is 1.00. The van der Waals surface area contributed by atoms with E-state index < -0.39 is 0 Å². The van der Waals surface area contributed by atoms with Crippen molar-refractivity contribution in [1.82, 2.24) is 10.2 Å². The van der Waals surface area contributed by atoms with Crippen LogP contribution < -0.4 is 5.32 Å². The fourth-order valence-corrected chi connectivity index (χ4v) is 1.87. The molecular formula is C10H22N2. The molecule has 0 radical (unpaired) electrons. The Kier molecular flexibility index (Phi) is 2.79. The Hall–Kier alpha value is -0.0800. The van der Waals surface area contributed by atoms with Gasteiger partial charge < -0.3 is 5.32 Å². The Morgan fingerprint density at radius 1 is 1.33 bits per heavy atom. The predicted molar refractivity (Wildman–Crippen MR) is 53.4 cm³/mol. The number of rotatable bonds is 1. The largest absolute Gasteiger partial charge is 0.313 e. The molecule has 72 valence electrons. The van der Waals surface area contributed by atoms with Gasteiger partial charge in [-0.05, 0) is 47.7 Å². The number of likely N-dealkylation sites (N-methyl/N-ethyl adjacent to an activating group) is 1. The molecule has 2 nitrogen and oxygen atoms in total. The summed E-state index contributed by atoms with van der Waals surface area (Å²) >= 11 is 0. The Morgan fingerprint density at radius 2 is 1.92 bits per heavy atom. The van der Waals surface area contributed by atoms with Gasteiger partial charge in [-0.1, -0.05) is 0 Å². The summed E-state index contributed by atoms with van der Waals surface area (Å²) in [7, 11) is 2.23. The van der Waals surface area contributed by atoms with E-state index in [0.717, 1.165) is 0 Å². The van der Waals surface area contributed by atoms with Gasteiger partial charge in [0.15, 0.2) is 0 Å². The Labute approximate surface area is 76.3 Å². The van der Waals surface area contributed by atoms with E-state index in [4.69, 9.17) is 0 Å². The molecule has 1 saturated heterocycles. The van der Waals surface area contributed by atoms with Gasteiger partial charge in [0.1, 0.15) is 0 Å².